The summed E-state index contributed by atoms with van der Waals surface area (Å²) in [4.78, 5) is 41.9. The number of rotatable bonds is 5. The van der Waals surface area contributed by atoms with Crippen molar-refractivity contribution in [1.29, 1.82) is 0 Å². The molecule has 0 spiro atoms. The number of amides is 1. The van der Waals surface area contributed by atoms with Crippen LogP contribution in [0.2, 0.25) is 0 Å². The molecule has 1 aromatic carbocycles. The molecule has 0 saturated heterocycles. The van der Waals surface area contributed by atoms with E-state index in [1.807, 2.05) is 17.5 Å². The van der Waals surface area contributed by atoms with Gasteiger partial charge in [-0.15, -0.1) is 11.3 Å². The van der Waals surface area contributed by atoms with Gasteiger partial charge in [0.2, 0.25) is 11.7 Å². The number of carboxylic acid groups (broad SMARTS) is 1. The minimum Gasteiger partial charge on any atom is -0.501 e. The van der Waals surface area contributed by atoms with E-state index in [1.165, 1.54) is 11.3 Å². The predicted octanol–water partition coefficient (Wildman–Crippen LogP) is 2.08. The number of nitrogens with one attached hydrogen (secondary N) is 2. The molecule has 0 aliphatic carbocycles. The molecule has 2 heterocycles. The van der Waals surface area contributed by atoms with Gasteiger partial charge in [0.25, 0.3) is 5.56 Å². The molecule has 3 rings (SSSR count). The molecule has 0 fully saturated rings. The molecule has 3 aromatic rings. The largest absolute Gasteiger partial charge is 0.501 e. The van der Waals surface area contributed by atoms with Gasteiger partial charge in [0.05, 0.1) is 6.42 Å². The molecule has 0 saturated carbocycles. The summed E-state index contributed by atoms with van der Waals surface area (Å²) in [7, 11) is 0. The fourth-order valence-electron chi connectivity index (χ4n) is 2.27. The fraction of sp³-hybridized carbons (Fsp3) is 0.0588. The van der Waals surface area contributed by atoms with Gasteiger partial charge in [0.1, 0.15) is 5.82 Å². The van der Waals surface area contributed by atoms with Crippen LogP contribution in [-0.4, -0.2) is 32.1 Å². The first-order valence-corrected chi connectivity index (χ1v) is 8.31. The van der Waals surface area contributed by atoms with Crippen molar-refractivity contribution in [3.8, 4) is 17.1 Å². The summed E-state index contributed by atoms with van der Waals surface area (Å²) < 4.78 is 0. The van der Waals surface area contributed by atoms with Crippen molar-refractivity contribution >= 4 is 28.9 Å². The number of carboxylic acids is 1. The number of hydrogen-bond donors (Lipinski definition) is 4. The third-order valence-electron chi connectivity index (χ3n) is 3.43. The van der Waals surface area contributed by atoms with Crippen LogP contribution in [0.25, 0.3) is 11.4 Å². The van der Waals surface area contributed by atoms with E-state index in [2.05, 4.69) is 15.3 Å². The third-order valence-corrected chi connectivity index (χ3v) is 4.31. The number of aromatic hydroxyl groups is 1. The summed E-state index contributed by atoms with van der Waals surface area (Å²) in [5.74, 6) is -2.71. The molecule has 8 nitrogen and oxygen atoms in total. The van der Waals surface area contributed by atoms with Crippen LogP contribution in [0.4, 0.5) is 5.69 Å². The van der Waals surface area contributed by atoms with E-state index >= 15 is 0 Å². The summed E-state index contributed by atoms with van der Waals surface area (Å²) >= 11 is 1.48. The Morgan fingerprint density at radius 3 is 2.73 bits per heavy atom. The SMILES string of the molecule is O=C(Cc1cccs1)Nc1cccc(-c2nc(C(=O)O)c(O)c(=O)[nH]2)c1. The van der Waals surface area contributed by atoms with Crippen LogP contribution in [0.1, 0.15) is 15.4 Å². The van der Waals surface area contributed by atoms with Gasteiger partial charge >= 0.3 is 5.97 Å². The maximum Gasteiger partial charge on any atom is 0.358 e. The summed E-state index contributed by atoms with van der Waals surface area (Å²) in [5.41, 5.74) is -0.842. The van der Waals surface area contributed by atoms with Crippen LogP contribution in [0, 0.1) is 0 Å². The van der Waals surface area contributed by atoms with E-state index in [0.29, 0.717) is 11.3 Å². The molecule has 0 unspecified atom stereocenters. The number of benzene rings is 1. The second-order valence-corrected chi connectivity index (χ2v) is 6.33. The van der Waals surface area contributed by atoms with E-state index in [0.717, 1.165) is 4.88 Å². The number of aromatic nitrogens is 2. The molecular weight excluding hydrogens is 358 g/mol. The minimum absolute atomic E-state index is 0.0282. The second-order valence-electron chi connectivity index (χ2n) is 5.30. The first-order chi connectivity index (χ1) is 12.4. The molecular formula is C17H13N3O5S. The number of H-pyrrole nitrogens is 1. The van der Waals surface area contributed by atoms with Gasteiger partial charge in [0.15, 0.2) is 5.69 Å². The normalized spacial score (nSPS) is 10.5. The van der Waals surface area contributed by atoms with Crippen LogP contribution < -0.4 is 10.9 Å². The van der Waals surface area contributed by atoms with E-state index in [1.54, 1.807) is 24.3 Å². The molecule has 2 aromatic heterocycles. The number of aromatic carboxylic acids is 1. The molecule has 0 bridgehead atoms. The highest BCUT2D eigenvalue weighted by Crippen LogP contribution is 2.21. The molecule has 26 heavy (non-hydrogen) atoms. The van der Waals surface area contributed by atoms with Gasteiger partial charge in [0, 0.05) is 16.1 Å². The van der Waals surface area contributed by atoms with E-state index in [-0.39, 0.29) is 18.2 Å². The molecule has 0 atom stereocenters. The van der Waals surface area contributed by atoms with Crippen LogP contribution in [0.15, 0.2) is 46.6 Å². The van der Waals surface area contributed by atoms with Gasteiger partial charge in [-0.2, -0.15) is 0 Å². The number of anilines is 1. The van der Waals surface area contributed by atoms with Crippen molar-refractivity contribution in [3.05, 3.63) is 62.7 Å². The number of carbonyl (C=O) groups excluding carboxylic acids is 1. The summed E-state index contributed by atoms with van der Waals surface area (Å²) in [5, 5.41) is 23.1. The van der Waals surface area contributed by atoms with E-state index in [9.17, 15) is 19.5 Å². The summed E-state index contributed by atoms with van der Waals surface area (Å²) in [6, 6.07) is 10.2. The smallest absolute Gasteiger partial charge is 0.358 e. The molecule has 0 aliphatic heterocycles. The Morgan fingerprint density at radius 2 is 2.04 bits per heavy atom. The van der Waals surface area contributed by atoms with Crippen molar-refractivity contribution in [2.24, 2.45) is 0 Å². The molecule has 4 N–H and O–H groups in total. The summed E-state index contributed by atoms with van der Waals surface area (Å²) in [6.45, 7) is 0. The topological polar surface area (TPSA) is 132 Å². The fourth-order valence-corrected chi connectivity index (χ4v) is 2.98. The van der Waals surface area contributed by atoms with Crippen molar-refractivity contribution < 1.29 is 19.8 Å². The molecule has 0 aliphatic rings. The van der Waals surface area contributed by atoms with Gasteiger partial charge in [-0.1, -0.05) is 18.2 Å². The van der Waals surface area contributed by atoms with Gasteiger partial charge in [-0.25, -0.2) is 9.78 Å². The zero-order valence-electron chi connectivity index (χ0n) is 13.2. The highest BCUT2D eigenvalue weighted by atomic mass is 32.1. The number of aromatic amines is 1. The Hall–Kier alpha value is -3.46. The Morgan fingerprint density at radius 1 is 1.23 bits per heavy atom. The number of carbonyl (C=O) groups is 2. The van der Waals surface area contributed by atoms with Gasteiger partial charge in [-0.05, 0) is 23.6 Å². The van der Waals surface area contributed by atoms with Crippen molar-refractivity contribution in [2.45, 2.75) is 6.42 Å². The lowest BCUT2D eigenvalue weighted by atomic mass is 10.1. The van der Waals surface area contributed by atoms with Crippen LogP contribution in [0.5, 0.6) is 5.75 Å². The van der Waals surface area contributed by atoms with Crippen molar-refractivity contribution in [1.82, 2.24) is 9.97 Å². The maximum absolute atomic E-state index is 12.1. The average molecular weight is 371 g/mol. The van der Waals surface area contributed by atoms with Gasteiger partial charge in [-0.3, -0.25) is 9.59 Å². The lowest BCUT2D eigenvalue weighted by molar-refractivity contribution is -0.115. The highest BCUT2D eigenvalue weighted by Gasteiger charge is 2.17. The van der Waals surface area contributed by atoms with Crippen molar-refractivity contribution in [3.63, 3.8) is 0 Å². The van der Waals surface area contributed by atoms with Gasteiger partial charge < -0.3 is 20.5 Å². The lowest BCUT2D eigenvalue weighted by Gasteiger charge is -2.08. The first kappa shape index (κ1) is 17.4. The minimum atomic E-state index is -1.52. The number of nitrogens with zero attached hydrogens (tertiary/aromatic N) is 1. The van der Waals surface area contributed by atoms with Crippen LogP contribution in [-0.2, 0) is 11.2 Å². The molecule has 0 radical (unpaired) electrons. The lowest BCUT2D eigenvalue weighted by Crippen LogP contribution is -2.15. The third kappa shape index (κ3) is 3.78. The number of hydrogen-bond acceptors (Lipinski definition) is 6. The average Bonchev–Trinajstić information content (AvgIpc) is 3.10. The Bertz CT molecular complexity index is 1030. The highest BCUT2D eigenvalue weighted by molar-refractivity contribution is 7.10. The van der Waals surface area contributed by atoms with Crippen molar-refractivity contribution in [2.75, 3.05) is 5.32 Å². The maximum atomic E-state index is 12.1. The quantitative estimate of drug-likeness (QED) is 0.543. The molecule has 132 valence electrons. The molecule has 1 amide bonds. The second kappa shape index (κ2) is 7.19. The van der Waals surface area contributed by atoms with E-state index in [4.69, 9.17) is 5.11 Å². The zero-order valence-corrected chi connectivity index (χ0v) is 14.0. The Kier molecular flexibility index (Phi) is 4.81. The zero-order chi connectivity index (χ0) is 18.7. The Balaban J connectivity index is 1.87. The predicted molar refractivity (Wildman–Crippen MR) is 95.6 cm³/mol. The monoisotopic (exact) mass is 371 g/mol. The molecule has 9 heteroatoms. The first-order valence-electron chi connectivity index (χ1n) is 7.43. The van der Waals surface area contributed by atoms with Crippen LogP contribution >= 0.6 is 11.3 Å². The standard InChI is InChI=1S/C17H13N3O5S/c21-12(8-11-5-2-6-26-11)18-10-4-1-3-9(7-10)15-19-13(17(24)25)14(22)16(23)20-15/h1-7,22H,8H2,(H,18,21)(H,24,25)(H,19,20,23). The van der Waals surface area contributed by atoms with Crippen LogP contribution in [0.3, 0.4) is 0 Å². The number of thiophene rings is 1. The Labute approximate surface area is 150 Å². The summed E-state index contributed by atoms with van der Waals surface area (Å²) in [6.07, 6.45) is 0.235. The van der Waals surface area contributed by atoms with E-state index < -0.39 is 23.0 Å².